The average molecular weight is 419 g/mol. The van der Waals surface area contributed by atoms with Crippen LogP contribution in [-0.2, 0) is 11.3 Å². The zero-order valence-electron chi connectivity index (χ0n) is 18.6. The quantitative estimate of drug-likeness (QED) is 0.675. The standard InChI is InChI=1S/C23H34N2O5/c1-22(2)9-15(10-23(3,4)13-22)19-16(12-25(19)21(28)29)20(27)24-11-14-6-7-17(26)18(8-14)30-5/h6-8,15-16,19,26H,9-13H2,1-5H3,(H,24,27)(H,28,29). The molecule has 1 aliphatic heterocycles. The van der Waals surface area contributed by atoms with Crippen molar-refractivity contribution in [1.29, 1.82) is 0 Å². The number of likely N-dealkylation sites (tertiary alicyclic amines) is 1. The Hall–Kier alpha value is -2.44. The molecule has 1 saturated heterocycles. The van der Waals surface area contributed by atoms with Crippen molar-refractivity contribution in [1.82, 2.24) is 10.2 Å². The van der Waals surface area contributed by atoms with Crippen LogP contribution in [0.15, 0.2) is 18.2 Å². The Kier molecular flexibility index (Phi) is 5.94. The molecule has 7 nitrogen and oxygen atoms in total. The lowest BCUT2D eigenvalue weighted by Crippen LogP contribution is -2.66. The number of carbonyl (C=O) groups is 2. The highest BCUT2D eigenvalue weighted by Crippen LogP contribution is 2.52. The summed E-state index contributed by atoms with van der Waals surface area (Å²) in [6.45, 7) is 9.47. The summed E-state index contributed by atoms with van der Waals surface area (Å²) in [6, 6.07) is 4.66. The summed E-state index contributed by atoms with van der Waals surface area (Å²) in [4.78, 5) is 26.2. The van der Waals surface area contributed by atoms with E-state index in [1.165, 1.54) is 18.1 Å². The summed E-state index contributed by atoms with van der Waals surface area (Å²) in [5, 5.41) is 22.3. The van der Waals surface area contributed by atoms with Gasteiger partial charge < -0.3 is 25.2 Å². The van der Waals surface area contributed by atoms with Crippen LogP contribution in [0.25, 0.3) is 0 Å². The SMILES string of the molecule is COc1cc(CNC(=O)C2CN(C(=O)O)C2C2CC(C)(C)CC(C)(C)C2)ccc1O. The first-order valence-electron chi connectivity index (χ1n) is 10.6. The fourth-order valence-corrected chi connectivity index (χ4v) is 5.87. The molecule has 7 heteroatoms. The molecule has 3 rings (SSSR count). The van der Waals surface area contributed by atoms with Crippen LogP contribution in [0.1, 0.15) is 52.5 Å². The molecule has 1 aromatic carbocycles. The topological polar surface area (TPSA) is 99.1 Å². The third-order valence-corrected chi connectivity index (χ3v) is 6.53. The first kappa shape index (κ1) is 22.2. The lowest BCUT2D eigenvalue weighted by Gasteiger charge is -2.55. The number of ether oxygens (including phenoxy) is 1. The molecule has 1 aliphatic carbocycles. The van der Waals surface area contributed by atoms with Crippen LogP contribution in [-0.4, -0.2) is 46.8 Å². The van der Waals surface area contributed by atoms with Crippen molar-refractivity contribution in [3.05, 3.63) is 23.8 Å². The Bertz CT molecular complexity index is 804. The van der Waals surface area contributed by atoms with Gasteiger partial charge in [0.1, 0.15) is 0 Å². The average Bonchev–Trinajstić information content (AvgIpc) is 2.57. The van der Waals surface area contributed by atoms with Gasteiger partial charge in [-0.3, -0.25) is 4.79 Å². The van der Waals surface area contributed by atoms with E-state index in [4.69, 9.17) is 4.74 Å². The van der Waals surface area contributed by atoms with Crippen molar-refractivity contribution in [2.45, 2.75) is 59.5 Å². The molecule has 0 aromatic heterocycles. The van der Waals surface area contributed by atoms with Crippen molar-refractivity contribution in [2.24, 2.45) is 22.7 Å². The summed E-state index contributed by atoms with van der Waals surface area (Å²) in [5.74, 6) is 0.108. The number of hydrogen-bond acceptors (Lipinski definition) is 4. The number of rotatable bonds is 5. The van der Waals surface area contributed by atoms with E-state index in [1.54, 1.807) is 12.1 Å². The van der Waals surface area contributed by atoms with Crippen molar-refractivity contribution < 1.29 is 24.5 Å². The van der Waals surface area contributed by atoms with E-state index in [0.717, 1.165) is 24.8 Å². The zero-order chi connectivity index (χ0) is 22.3. The Morgan fingerprint density at radius 3 is 2.40 bits per heavy atom. The van der Waals surface area contributed by atoms with Gasteiger partial charge in [-0.25, -0.2) is 4.79 Å². The number of carboxylic acid groups (broad SMARTS) is 1. The minimum absolute atomic E-state index is 0.0475. The van der Waals surface area contributed by atoms with Gasteiger partial charge in [-0.1, -0.05) is 33.8 Å². The van der Waals surface area contributed by atoms with E-state index >= 15 is 0 Å². The van der Waals surface area contributed by atoms with Gasteiger partial charge in [0.05, 0.1) is 19.1 Å². The minimum atomic E-state index is -0.950. The van der Waals surface area contributed by atoms with Gasteiger partial charge in [-0.15, -0.1) is 0 Å². The number of nitrogens with one attached hydrogen (secondary N) is 1. The zero-order valence-corrected chi connectivity index (χ0v) is 18.6. The summed E-state index contributed by atoms with van der Waals surface area (Å²) in [6.07, 6.45) is 1.98. The first-order valence-corrected chi connectivity index (χ1v) is 10.6. The Morgan fingerprint density at radius 1 is 1.20 bits per heavy atom. The maximum Gasteiger partial charge on any atom is 0.407 e. The molecule has 2 atom stereocenters. The van der Waals surface area contributed by atoms with Gasteiger partial charge in [-0.2, -0.15) is 0 Å². The minimum Gasteiger partial charge on any atom is -0.504 e. The van der Waals surface area contributed by atoms with Crippen LogP contribution in [0, 0.1) is 22.7 Å². The maximum atomic E-state index is 13.0. The van der Waals surface area contributed by atoms with Crippen LogP contribution in [0.3, 0.4) is 0 Å². The molecule has 2 amide bonds. The highest BCUT2D eigenvalue weighted by Gasteiger charge is 2.53. The number of aromatic hydroxyl groups is 1. The highest BCUT2D eigenvalue weighted by molar-refractivity contribution is 5.83. The first-order chi connectivity index (χ1) is 13.9. The smallest absolute Gasteiger partial charge is 0.407 e. The molecule has 1 saturated carbocycles. The predicted octanol–water partition coefficient (Wildman–Crippen LogP) is 3.85. The molecule has 2 unspecified atom stereocenters. The number of carbonyl (C=O) groups excluding carboxylic acids is 1. The van der Waals surface area contributed by atoms with E-state index in [2.05, 4.69) is 33.0 Å². The second-order valence-electron chi connectivity index (χ2n) is 10.4. The molecule has 1 aromatic rings. The van der Waals surface area contributed by atoms with Crippen LogP contribution >= 0.6 is 0 Å². The van der Waals surface area contributed by atoms with Crippen molar-refractivity contribution >= 4 is 12.0 Å². The van der Waals surface area contributed by atoms with E-state index in [1.807, 2.05) is 0 Å². The molecule has 166 valence electrons. The van der Waals surface area contributed by atoms with E-state index in [9.17, 15) is 19.8 Å². The van der Waals surface area contributed by atoms with Gasteiger partial charge in [0.15, 0.2) is 11.5 Å². The van der Waals surface area contributed by atoms with Crippen LogP contribution in [0.4, 0.5) is 4.79 Å². The fourth-order valence-electron chi connectivity index (χ4n) is 5.87. The molecule has 3 N–H and O–H groups in total. The number of nitrogens with zero attached hydrogens (tertiary/aromatic N) is 1. The highest BCUT2D eigenvalue weighted by atomic mass is 16.5. The van der Waals surface area contributed by atoms with Gasteiger partial charge in [0.2, 0.25) is 5.91 Å². The van der Waals surface area contributed by atoms with Crippen molar-refractivity contribution in [3.8, 4) is 11.5 Å². The maximum absolute atomic E-state index is 13.0. The molecule has 0 spiro atoms. The lowest BCUT2D eigenvalue weighted by atomic mass is 9.57. The largest absolute Gasteiger partial charge is 0.504 e. The lowest BCUT2D eigenvalue weighted by molar-refractivity contribution is -0.138. The van der Waals surface area contributed by atoms with Gasteiger partial charge >= 0.3 is 6.09 Å². The van der Waals surface area contributed by atoms with E-state index in [0.29, 0.717) is 12.3 Å². The third kappa shape index (κ3) is 4.65. The van der Waals surface area contributed by atoms with E-state index in [-0.39, 0.29) is 46.9 Å². The number of benzene rings is 1. The Balaban J connectivity index is 1.71. The summed E-state index contributed by atoms with van der Waals surface area (Å²) in [5.41, 5.74) is 1.05. The Morgan fingerprint density at radius 2 is 1.83 bits per heavy atom. The van der Waals surface area contributed by atoms with Crippen molar-refractivity contribution in [3.63, 3.8) is 0 Å². The number of phenols is 1. The molecule has 2 aliphatic rings. The number of methoxy groups -OCH3 is 1. The summed E-state index contributed by atoms with van der Waals surface area (Å²) < 4.78 is 5.11. The predicted molar refractivity (Wildman–Crippen MR) is 113 cm³/mol. The number of phenolic OH excluding ortho intramolecular Hbond substituents is 1. The molecular weight excluding hydrogens is 384 g/mol. The van der Waals surface area contributed by atoms with Crippen molar-refractivity contribution in [2.75, 3.05) is 13.7 Å². The summed E-state index contributed by atoms with van der Waals surface area (Å²) in [7, 11) is 1.48. The van der Waals surface area contributed by atoms with Gasteiger partial charge in [-0.05, 0) is 53.7 Å². The Labute approximate surface area is 178 Å². The number of hydrogen-bond donors (Lipinski definition) is 3. The molecular formula is C23H34N2O5. The van der Waals surface area contributed by atoms with Crippen LogP contribution < -0.4 is 10.1 Å². The molecule has 0 radical (unpaired) electrons. The molecule has 0 bridgehead atoms. The van der Waals surface area contributed by atoms with Gasteiger partial charge in [0, 0.05) is 13.1 Å². The van der Waals surface area contributed by atoms with Crippen LogP contribution in [0.2, 0.25) is 0 Å². The van der Waals surface area contributed by atoms with Gasteiger partial charge in [0.25, 0.3) is 0 Å². The second kappa shape index (κ2) is 8.00. The summed E-state index contributed by atoms with van der Waals surface area (Å²) >= 11 is 0. The molecule has 2 fully saturated rings. The van der Waals surface area contributed by atoms with Crippen LogP contribution in [0.5, 0.6) is 11.5 Å². The second-order valence-corrected chi connectivity index (χ2v) is 10.4. The van der Waals surface area contributed by atoms with E-state index < -0.39 is 6.09 Å². The normalized spacial score (nSPS) is 25.3. The molecule has 30 heavy (non-hydrogen) atoms. The fraction of sp³-hybridized carbons (Fsp3) is 0.652. The molecule has 1 heterocycles. The third-order valence-electron chi connectivity index (χ3n) is 6.53. The number of amides is 2. The monoisotopic (exact) mass is 418 g/mol.